The lowest BCUT2D eigenvalue weighted by atomic mass is 10.2. The number of furan rings is 1. The molecule has 0 saturated heterocycles. The molecular weight excluding hydrogens is 326 g/mol. The van der Waals surface area contributed by atoms with Gasteiger partial charge in [-0.2, -0.15) is 0 Å². The van der Waals surface area contributed by atoms with Gasteiger partial charge in [0.05, 0.1) is 23.4 Å². The highest BCUT2D eigenvalue weighted by Gasteiger charge is 2.16. The Morgan fingerprint density at radius 1 is 1.08 bits per heavy atom. The molecule has 0 spiro atoms. The topological polar surface area (TPSA) is 85.1 Å². The first-order valence-corrected chi connectivity index (χ1v) is 9.01. The van der Waals surface area contributed by atoms with E-state index < -0.39 is 10.0 Å². The fraction of sp³-hybridized carbons (Fsp3) is 0.176. The van der Waals surface area contributed by atoms with Crippen molar-refractivity contribution >= 4 is 10.0 Å². The fourth-order valence-electron chi connectivity index (χ4n) is 2.27. The van der Waals surface area contributed by atoms with E-state index in [1.165, 1.54) is 12.5 Å². The van der Waals surface area contributed by atoms with Gasteiger partial charge in [0.15, 0.2) is 5.76 Å². The first-order chi connectivity index (χ1) is 11.6. The summed E-state index contributed by atoms with van der Waals surface area (Å²) in [5.74, 6) is 0.546. The van der Waals surface area contributed by atoms with E-state index in [0.717, 1.165) is 12.0 Å². The van der Waals surface area contributed by atoms with Crippen LogP contribution in [0.4, 0.5) is 0 Å². The maximum absolute atomic E-state index is 12.4. The lowest BCUT2D eigenvalue weighted by Crippen LogP contribution is -2.24. The smallest absolute Gasteiger partial charge is 0.240 e. The number of sulfonamides is 1. The van der Waals surface area contributed by atoms with Gasteiger partial charge in [-0.3, -0.25) is 4.98 Å². The van der Waals surface area contributed by atoms with E-state index in [4.69, 9.17) is 4.42 Å². The van der Waals surface area contributed by atoms with Crippen molar-refractivity contribution in [3.63, 3.8) is 0 Å². The molecule has 3 rings (SSSR count). The van der Waals surface area contributed by atoms with Crippen LogP contribution in [0.25, 0.3) is 11.5 Å². The summed E-state index contributed by atoms with van der Waals surface area (Å²) in [5.41, 5.74) is 2.11. The van der Waals surface area contributed by atoms with Gasteiger partial charge in [-0.15, -0.1) is 0 Å². The summed E-state index contributed by atoms with van der Waals surface area (Å²) < 4.78 is 32.7. The Hall–Kier alpha value is -2.51. The van der Waals surface area contributed by atoms with E-state index in [9.17, 15) is 8.42 Å². The summed E-state index contributed by atoms with van der Waals surface area (Å²) in [5, 5.41) is 0. The van der Waals surface area contributed by atoms with Crippen LogP contribution < -0.4 is 4.72 Å². The van der Waals surface area contributed by atoms with Gasteiger partial charge < -0.3 is 4.42 Å². The predicted molar refractivity (Wildman–Crippen MR) is 89.6 cm³/mol. The van der Waals surface area contributed by atoms with Gasteiger partial charge in [0.2, 0.25) is 10.0 Å². The summed E-state index contributed by atoms with van der Waals surface area (Å²) in [6.07, 6.45) is 5.46. The van der Waals surface area contributed by atoms with Crippen molar-refractivity contribution in [2.24, 2.45) is 0 Å². The quantitative estimate of drug-likeness (QED) is 0.744. The zero-order chi connectivity index (χ0) is 17.0. The molecule has 2 aromatic heterocycles. The van der Waals surface area contributed by atoms with E-state index in [0.29, 0.717) is 17.1 Å². The molecule has 1 aromatic carbocycles. The Bertz CT molecular complexity index is 905. The third-order valence-electron chi connectivity index (χ3n) is 3.60. The molecule has 0 unspecified atom stereocenters. The number of rotatable bonds is 6. The summed E-state index contributed by atoms with van der Waals surface area (Å²) in [6, 6.07) is 10.3. The molecule has 2 heterocycles. The third kappa shape index (κ3) is 3.52. The average Bonchev–Trinajstić information content (AvgIpc) is 3.15. The van der Waals surface area contributed by atoms with E-state index in [1.54, 1.807) is 30.5 Å². The van der Waals surface area contributed by atoms with Crippen LogP contribution in [0.5, 0.6) is 0 Å². The predicted octanol–water partition coefficient (Wildman–Crippen LogP) is 2.78. The lowest BCUT2D eigenvalue weighted by Gasteiger charge is -2.09. The van der Waals surface area contributed by atoms with Crippen LogP contribution in [-0.2, 0) is 23.0 Å². The highest BCUT2D eigenvalue weighted by molar-refractivity contribution is 7.89. The third-order valence-corrected chi connectivity index (χ3v) is 5.02. The Kier molecular flexibility index (Phi) is 4.73. The molecule has 1 N–H and O–H groups in total. The van der Waals surface area contributed by atoms with Gasteiger partial charge >= 0.3 is 0 Å². The van der Waals surface area contributed by atoms with E-state index in [2.05, 4.69) is 14.7 Å². The zero-order valence-corrected chi connectivity index (χ0v) is 14.0. The molecule has 0 saturated carbocycles. The molecule has 0 radical (unpaired) electrons. The normalized spacial score (nSPS) is 11.5. The SMILES string of the molecule is CCc1ccc(S(=O)(=O)NCc2nccnc2-c2ccco2)cc1. The van der Waals surface area contributed by atoms with Crippen LogP contribution in [-0.4, -0.2) is 18.4 Å². The minimum atomic E-state index is -3.62. The molecule has 7 heteroatoms. The molecule has 0 aliphatic carbocycles. The van der Waals surface area contributed by atoms with Crippen molar-refractivity contribution in [2.45, 2.75) is 24.8 Å². The van der Waals surface area contributed by atoms with Crippen molar-refractivity contribution in [3.8, 4) is 11.5 Å². The first kappa shape index (κ1) is 16.4. The van der Waals surface area contributed by atoms with Crippen LogP contribution in [0.3, 0.4) is 0 Å². The van der Waals surface area contributed by atoms with Gasteiger partial charge in [0.1, 0.15) is 5.69 Å². The van der Waals surface area contributed by atoms with Crippen LogP contribution in [0.1, 0.15) is 18.2 Å². The number of hydrogen-bond donors (Lipinski definition) is 1. The molecule has 3 aromatic rings. The van der Waals surface area contributed by atoms with Crippen molar-refractivity contribution in [1.82, 2.24) is 14.7 Å². The minimum Gasteiger partial charge on any atom is -0.463 e. The molecule has 24 heavy (non-hydrogen) atoms. The lowest BCUT2D eigenvalue weighted by molar-refractivity contribution is 0.573. The Morgan fingerprint density at radius 3 is 2.50 bits per heavy atom. The van der Waals surface area contributed by atoms with E-state index in [-0.39, 0.29) is 11.4 Å². The summed E-state index contributed by atoms with van der Waals surface area (Å²) in [6.45, 7) is 2.05. The van der Waals surface area contributed by atoms with Crippen LogP contribution >= 0.6 is 0 Å². The van der Waals surface area contributed by atoms with Crippen LogP contribution in [0.15, 0.2) is 64.4 Å². The molecule has 124 valence electrons. The van der Waals surface area contributed by atoms with Gasteiger partial charge in [-0.05, 0) is 36.2 Å². The van der Waals surface area contributed by atoms with Gasteiger partial charge in [-0.25, -0.2) is 18.1 Å². The van der Waals surface area contributed by atoms with Crippen molar-refractivity contribution in [3.05, 3.63) is 66.3 Å². The van der Waals surface area contributed by atoms with Crippen LogP contribution in [0, 0.1) is 0 Å². The highest BCUT2D eigenvalue weighted by Crippen LogP contribution is 2.20. The highest BCUT2D eigenvalue weighted by atomic mass is 32.2. The molecule has 0 bridgehead atoms. The molecule has 0 aliphatic rings. The number of benzene rings is 1. The second-order valence-corrected chi connectivity index (χ2v) is 6.92. The first-order valence-electron chi connectivity index (χ1n) is 7.52. The number of aryl methyl sites for hydroxylation is 1. The second-order valence-electron chi connectivity index (χ2n) is 5.15. The van der Waals surface area contributed by atoms with E-state index in [1.807, 2.05) is 19.1 Å². The van der Waals surface area contributed by atoms with E-state index >= 15 is 0 Å². The van der Waals surface area contributed by atoms with Crippen LogP contribution in [0.2, 0.25) is 0 Å². The number of nitrogens with zero attached hydrogens (tertiary/aromatic N) is 2. The van der Waals surface area contributed by atoms with Crippen molar-refractivity contribution in [1.29, 1.82) is 0 Å². The number of aromatic nitrogens is 2. The fourth-order valence-corrected chi connectivity index (χ4v) is 3.25. The Labute approximate surface area is 140 Å². The monoisotopic (exact) mass is 343 g/mol. The molecular formula is C17H17N3O3S. The summed E-state index contributed by atoms with van der Waals surface area (Å²) >= 11 is 0. The number of nitrogens with one attached hydrogen (secondary N) is 1. The van der Waals surface area contributed by atoms with Gasteiger partial charge in [0.25, 0.3) is 0 Å². The minimum absolute atomic E-state index is 0.0295. The number of hydrogen-bond acceptors (Lipinski definition) is 5. The molecule has 0 fully saturated rings. The molecule has 0 amide bonds. The van der Waals surface area contributed by atoms with Gasteiger partial charge in [-0.1, -0.05) is 19.1 Å². The largest absolute Gasteiger partial charge is 0.463 e. The zero-order valence-electron chi connectivity index (χ0n) is 13.1. The second kappa shape index (κ2) is 6.94. The van der Waals surface area contributed by atoms with Gasteiger partial charge in [0, 0.05) is 12.4 Å². The summed E-state index contributed by atoms with van der Waals surface area (Å²) in [7, 11) is -3.62. The molecule has 0 aliphatic heterocycles. The average molecular weight is 343 g/mol. The van der Waals surface area contributed by atoms with Crippen molar-refractivity contribution < 1.29 is 12.8 Å². The molecule has 0 atom stereocenters. The maximum atomic E-state index is 12.4. The maximum Gasteiger partial charge on any atom is 0.240 e. The Balaban J connectivity index is 1.80. The Morgan fingerprint density at radius 2 is 1.83 bits per heavy atom. The van der Waals surface area contributed by atoms with Crippen molar-refractivity contribution in [2.75, 3.05) is 0 Å². The standard InChI is InChI=1S/C17H17N3O3S/c1-2-13-5-7-14(8-6-13)24(21,22)20-12-15-17(19-10-9-18-15)16-4-3-11-23-16/h3-11,20H,2,12H2,1H3. The summed E-state index contributed by atoms with van der Waals surface area (Å²) in [4.78, 5) is 8.66. The molecule has 6 nitrogen and oxygen atoms in total.